The number of amides is 1. The topological polar surface area (TPSA) is 49.8 Å². The first-order valence-electron chi connectivity index (χ1n) is 6.95. The summed E-state index contributed by atoms with van der Waals surface area (Å²) in [4.78, 5) is 14.1. The zero-order chi connectivity index (χ0) is 15.2. The lowest BCUT2D eigenvalue weighted by molar-refractivity contribution is -0.0226. The van der Waals surface area contributed by atoms with Crippen molar-refractivity contribution in [3.63, 3.8) is 0 Å². The number of benzene rings is 1. The summed E-state index contributed by atoms with van der Waals surface area (Å²) >= 11 is 0. The Morgan fingerprint density at radius 3 is 3.05 bits per heavy atom. The number of hydrogen-bond acceptors (Lipinski definition) is 3. The van der Waals surface area contributed by atoms with Crippen LogP contribution in [0.5, 0.6) is 0 Å². The molecule has 5 heteroatoms. The highest BCUT2D eigenvalue weighted by atomic mass is 19.1. The summed E-state index contributed by atoms with van der Waals surface area (Å²) in [6.07, 6.45) is 0.885. The van der Waals surface area contributed by atoms with Crippen molar-refractivity contribution >= 4 is 5.91 Å². The van der Waals surface area contributed by atoms with E-state index in [0.29, 0.717) is 25.3 Å². The van der Waals surface area contributed by atoms with Gasteiger partial charge in [0.2, 0.25) is 0 Å². The molecule has 21 heavy (non-hydrogen) atoms. The Morgan fingerprint density at radius 1 is 1.57 bits per heavy atom. The van der Waals surface area contributed by atoms with E-state index in [1.165, 1.54) is 12.1 Å². The maximum atomic E-state index is 13.9. The van der Waals surface area contributed by atoms with Crippen molar-refractivity contribution in [2.75, 3.05) is 26.3 Å². The van der Waals surface area contributed by atoms with Crippen LogP contribution in [0.2, 0.25) is 0 Å². The smallest absolute Gasteiger partial charge is 0.254 e. The number of aliphatic hydroxyl groups is 1. The van der Waals surface area contributed by atoms with Crippen molar-refractivity contribution in [2.45, 2.75) is 19.4 Å². The standard InChI is InChI=1S/C16H18FNO3/c1-2-14-11-18(7-9-21-14)16(20)13-6-5-12(4-3-8-19)15(17)10-13/h5-6,10,14,19H,2,7-9,11H2,1H3. The molecule has 1 aliphatic heterocycles. The largest absolute Gasteiger partial charge is 0.384 e. The second-order valence-electron chi connectivity index (χ2n) is 4.81. The van der Waals surface area contributed by atoms with Crippen LogP contribution in [0.1, 0.15) is 29.3 Å². The zero-order valence-corrected chi connectivity index (χ0v) is 11.9. The quantitative estimate of drug-likeness (QED) is 0.838. The predicted octanol–water partition coefficient (Wildman–Crippen LogP) is 1.42. The molecule has 0 saturated carbocycles. The van der Waals surface area contributed by atoms with Crippen LogP contribution in [-0.4, -0.2) is 48.3 Å². The Balaban J connectivity index is 2.14. The molecule has 1 aliphatic rings. The van der Waals surface area contributed by atoms with Gasteiger partial charge < -0.3 is 14.7 Å². The van der Waals surface area contributed by atoms with E-state index in [0.717, 1.165) is 6.42 Å². The molecule has 0 spiro atoms. The molecule has 0 radical (unpaired) electrons. The third-order valence-electron chi connectivity index (χ3n) is 3.40. The Morgan fingerprint density at radius 2 is 2.38 bits per heavy atom. The molecule has 1 aromatic rings. The number of nitrogens with zero attached hydrogens (tertiary/aromatic N) is 1. The molecule has 4 nitrogen and oxygen atoms in total. The highest BCUT2D eigenvalue weighted by Crippen LogP contribution is 2.15. The van der Waals surface area contributed by atoms with Crippen molar-refractivity contribution in [3.8, 4) is 11.8 Å². The van der Waals surface area contributed by atoms with Crippen LogP contribution in [0.15, 0.2) is 18.2 Å². The first-order chi connectivity index (χ1) is 10.2. The van der Waals surface area contributed by atoms with Gasteiger partial charge in [-0.3, -0.25) is 4.79 Å². The van der Waals surface area contributed by atoms with E-state index in [1.54, 1.807) is 11.0 Å². The van der Waals surface area contributed by atoms with Gasteiger partial charge in [0, 0.05) is 18.7 Å². The van der Waals surface area contributed by atoms with Crippen LogP contribution in [0.3, 0.4) is 0 Å². The molecule has 0 aliphatic carbocycles. The third-order valence-corrected chi connectivity index (χ3v) is 3.40. The number of hydrogen-bond donors (Lipinski definition) is 1. The van der Waals surface area contributed by atoms with Crippen molar-refractivity contribution in [2.24, 2.45) is 0 Å². The van der Waals surface area contributed by atoms with Gasteiger partial charge in [-0.05, 0) is 24.6 Å². The van der Waals surface area contributed by atoms with Crippen molar-refractivity contribution < 1.29 is 19.0 Å². The van der Waals surface area contributed by atoms with E-state index in [1.807, 2.05) is 6.92 Å². The SMILES string of the molecule is CCC1CN(C(=O)c2ccc(C#CCO)c(F)c2)CCO1. The van der Waals surface area contributed by atoms with E-state index in [4.69, 9.17) is 9.84 Å². The molecule has 1 N–H and O–H groups in total. The van der Waals surface area contributed by atoms with Gasteiger partial charge in [-0.1, -0.05) is 18.8 Å². The molecule has 2 rings (SSSR count). The van der Waals surface area contributed by atoms with Crippen LogP contribution in [-0.2, 0) is 4.74 Å². The Kier molecular flexibility index (Phi) is 5.32. The summed E-state index contributed by atoms with van der Waals surface area (Å²) in [5.41, 5.74) is 0.479. The molecule has 1 amide bonds. The number of ether oxygens (including phenoxy) is 1. The molecule has 1 aromatic carbocycles. The van der Waals surface area contributed by atoms with E-state index >= 15 is 0 Å². The van der Waals surface area contributed by atoms with Gasteiger partial charge in [0.15, 0.2) is 0 Å². The van der Waals surface area contributed by atoms with Gasteiger partial charge in [0.25, 0.3) is 5.91 Å². The normalized spacial score (nSPS) is 18.0. The average molecular weight is 291 g/mol. The summed E-state index contributed by atoms with van der Waals surface area (Å²) in [5, 5.41) is 8.61. The zero-order valence-electron chi connectivity index (χ0n) is 11.9. The van der Waals surface area contributed by atoms with Crippen LogP contribution in [0.4, 0.5) is 4.39 Å². The number of morpholine rings is 1. The lowest BCUT2D eigenvalue weighted by atomic mass is 10.1. The monoisotopic (exact) mass is 291 g/mol. The maximum absolute atomic E-state index is 13.9. The lowest BCUT2D eigenvalue weighted by Crippen LogP contribution is -2.45. The minimum Gasteiger partial charge on any atom is -0.384 e. The number of halogens is 1. The van der Waals surface area contributed by atoms with E-state index in [-0.39, 0.29) is 24.2 Å². The summed E-state index contributed by atoms with van der Waals surface area (Å²) < 4.78 is 19.4. The molecule has 1 heterocycles. The van der Waals surface area contributed by atoms with Gasteiger partial charge >= 0.3 is 0 Å². The maximum Gasteiger partial charge on any atom is 0.254 e. The summed E-state index contributed by atoms with van der Waals surface area (Å²) in [7, 11) is 0. The molecule has 1 fully saturated rings. The second kappa shape index (κ2) is 7.21. The predicted molar refractivity (Wildman–Crippen MR) is 76.3 cm³/mol. The van der Waals surface area contributed by atoms with Gasteiger partial charge in [-0.25, -0.2) is 4.39 Å². The van der Waals surface area contributed by atoms with Crippen molar-refractivity contribution in [1.29, 1.82) is 0 Å². The van der Waals surface area contributed by atoms with E-state index in [9.17, 15) is 9.18 Å². The number of carbonyl (C=O) groups excluding carboxylic acids is 1. The number of aliphatic hydroxyl groups excluding tert-OH is 1. The fourth-order valence-corrected chi connectivity index (χ4v) is 2.22. The summed E-state index contributed by atoms with van der Waals surface area (Å²) in [6, 6.07) is 4.21. The molecule has 1 unspecified atom stereocenters. The lowest BCUT2D eigenvalue weighted by Gasteiger charge is -2.32. The van der Waals surface area contributed by atoms with Crippen LogP contribution < -0.4 is 0 Å². The molecule has 1 atom stereocenters. The van der Waals surface area contributed by atoms with Crippen molar-refractivity contribution in [1.82, 2.24) is 4.90 Å². The minimum atomic E-state index is -0.554. The Bertz CT molecular complexity index is 577. The van der Waals surface area contributed by atoms with Crippen LogP contribution in [0.25, 0.3) is 0 Å². The van der Waals surface area contributed by atoms with E-state index in [2.05, 4.69) is 11.8 Å². The van der Waals surface area contributed by atoms with Gasteiger partial charge in [0.1, 0.15) is 12.4 Å². The summed E-state index contributed by atoms with van der Waals surface area (Å²) in [6.45, 7) is 3.23. The molecule has 1 saturated heterocycles. The van der Waals surface area contributed by atoms with Gasteiger partial charge in [-0.2, -0.15) is 0 Å². The van der Waals surface area contributed by atoms with Gasteiger partial charge in [-0.15, -0.1) is 0 Å². The molecule has 0 aromatic heterocycles. The molecular weight excluding hydrogens is 273 g/mol. The molecular formula is C16H18FNO3. The highest BCUT2D eigenvalue weighted by Gasteiger charge is 2.24. The first kappa shape index (κ1) is 15.5. The van der Waals surface area contributed by atoms with Crippen LogP contribution in [0, 0.1) is 17.7 Å². The fraction of sp³-hybridized carbons (Fsp3) is 0.438. The number of rotatable bonds is 2. The molecule has 112 valence electrons. The highest BCUT2D eigenvalue weighted by molar-refractivity contribution is 5.94. The Labute approximate surface area is 123 Å². The van der Waals surface area contributed by atoms with Gasteiger partial charge in [0.05, 0.1) is 18.3 Å². The third kappa shape index (κ3) is 3.81. The first-order valence-corrected chi connectivity index (χ1v) is 6.95. The average Bonchev–Trinajstić information content (AvgIpc) is 2.53. The van der Waals surface area contributed by atoms with Crippen LogP contribution >= 0.6 is 0 Å². The Hall–Kier alpha value is -1.90. The fourth-order valence-electron chi connectivity index (χ4n) is 2.22. The summed E-state index contributed by atoms with van der Waals surface area (Å²) in [5.74, 6) is 4.14. The molecule has 0 bridgehead atoms. The second-order valence-corrected chi connectivity index (χ2v) is 4.81. The minimum absolute atomic E-state index is 0.0437. The van der Waals surface area contributed by atoms with E-state index < -0.39 is 5.82 Å². The number of carbonyl (C=O) groups is 1. The van der Waals surface area contributed by atoms with Crippen molar-refractivity contribution in [3.05, 3.63) is 35.1 Å².